The number of fused-ring (bicyclic) bond motifs is 11. The quantitative estimate of drug-likeness (QED) is 0.186. The normalized spacial score (nSPS) is 11.8. The van der Waals surface area contributed by atoms with Crippen molar-refractivity contribution in [2.24, 2.45) is 0 Å². The van der Waals surface area contributed by atoms with E-state index in [1.165, 1.54) is 65.0 Å². The van der Waals surface area contributed by atoms with Crippen LogP contribution in [0, 0.1) is 0 Å². The molecule has 2 nitrogen and oxygen atoms in total. The molecular weight excluding hydrogens is 569 g/mol. The molecular formula is C45H28N2. The Morgan fingerprint density at radius 1 is 0.340 bits per heavy atom. The van der Waals surface area contributed by atoms with E-state index in [0.717, 1.165) is 28.1 Å². The van der Waals surface area contributed by atoms with E-state index in [4.69, 9.17) is 4.98 Å². The lowest BCUT2D eigenvalue weighted by molar-refractivity contribution is 1.11. The Morgan fingerprint density at radius 3 is 1.62 bits per heavy atom. The van der Waals surface area contributed by atoms with Crippen molar-refractivity contribution < 1.29 is 0 Å². The van der Waals surface area contributed by atoms with E-state index in [0.29, 0.717) is 0 Å². The van der Waals surface area contributed by atoms with E-state index < -0.39 is 0 Å². The number of hydrogen-bond donors (Lipinski definition) is 0. The highest BCUT2D eigenvalue weighted by Gasteiger charge is 2.20. The Bertz CT molecular complexity index is 2830. The fourth-order valence-electron chi connectivity index (χ4n) is 7.54. The van der Waals surface area contributed by atoms with Crippen LogP contribution in [0.15, 0.2) is 170 Å². The molecule has 10 rings (SSSR count). The summed E-state index contributed by atoms with van der Waals surface area (Å²) in [5, 5.41) is 12.5. The Labute approximate surface area is 271 Å². The summed E-state index contributed by atoms with van der Waals surface area (Å²) in [6.07, 6.45) is 0. The second-order valence-corrected chi connectivity index (χ2v) is 12.4. The molecule has 0 aliphatic carbocycles. The number of benzene rings is 9. The lowest BCUT2D eigenvalue weighted by Gasteiger charge is -2.13. The van der Waals surface area contributed by atoms with E-state index >= 15 is 0 Å². The smallest absolute Gasteiger partial charge is 0.145 e. The molecule has 1 aromatic heterocycles. The standard InChI is InChI=1S/C45H28N2/c1-2-11-34(12-3-1)47-44-41-17-9-7-15-37(41)36-14-6-8-16-40(36)43(44)46-45(47)32-21-18-29(19-22-32)33-23-20-31-25-26-38-35-13-5-4-10-30(35)24-27-39(38)42(31)28-33/h1-28H. The molecule has 0 aliphatic rings. The van der Waals surface area contributed by atoms with Crippen molar-refractivity contribution in [3.8, 4) is 28.2 Å². The molecule has 0 saturated heterocycles. The number of imidazole rings is 1. The molecule has 0 aliphatic heterocycles. The zero-order valence-electron chi connectivity index (χ0n) is 25.6. The van der Waals surface area contributed by atoms with Crippen LogP contribution in [-0.4, -0.2) is 9.55 Å². The van der Waals surface area contributed by atoms with Crippen molar-refractivity contribution in [2.45, 2.75) is 0 Å². The first kappa shape index (κ1) is 26.0. The molecule has 2 heteroatoms. The van der Waals surface area contributed by atoms with Gasteiger partial charge < -0.3 is 0 Å². The van der Waals surface area contributed by atoms with Gasteiger partial charge in [-0.1, -0.05) is 152 Å². The molecule has 0 bridgehead atoms. The molecule has 0 amide bonds. The first-order chi connectivity index (χ1) is 23.3. The van der Waals surface area contributed by atoms with Gasteiger partial charge in [0.25, 0.3) is 0 Å². The summed E-state index contributed by atoms with van der Waals surface area (Å²) in [7, 11) is 0. The average Bonchev–Trinajstić information content (AvgIpc) is 3.56. The van der Waals surface area contributed by atoms with Gasteiger partial charge in [0, 0.05) is 22.0 Å². The van der Waals surface area contributed by atoms with Crippen molar-refractivity contribution >= 4 is 64.9 Å². The zero-order valence-corrected chi connectivity index (χ0v) is 25.6. The Morgan fingerprint density at radius 2 is 0.851 bits per heavy atom. The summed E-state index contributed by atoms with van der Waals surface area (Å²) in [5.74, 6) is 0.940. The van der Waals surface area contributed by atoms with Gasteiger partial charge in [-0.25, -0.2) is 4.98 Å². The summed E-state index contributed by atoms with van der Waals surface area (Å²) in [6.45, 7) is 0. The third-order valence-electron chi connectivity index (χ3n) is 9.77. The van der Waals surface area contributed by atoms with E-state index in [-0.39, 0.29) is 0 Å². The highest BCUT2D eigenvalue weighted by atomic mass is 15.1. The third kappa shape index (κ3) is 3.95. The highest BCUT2D eigenvalue weighted by Crippen LogP contribution is 2.40. The van der Waals surface area contributed by atoms with Crippen LogP contribution >= 0.6 is 0 Å². The Hall–Kier alpha value is -6.25. The van der Waals surface area contributed by atoms with E-state index in [9.17, 15) is 0 Å². The summed E-state index contributed by atoms with van der Waals surface area (Å²) < 4.78 is 2.34. The van der Waals surface area contributed by atoms with Crippen molar-refractivity contribution in [1.29, 1.82) is 0 Å². The van der Waals surface area contributed by atoms with Gasteiger partial charge in [0.2, 0.25) is 0 Å². The number of para-hydroxylation sites is 1. The van der Waals surface area contributed by atoms with Crippen LogP contribution in [0.1, 0.15) is 0 Å². The van der Waals surface area contributed by atoms with Crippen LogP contribution in [0.3, 0.4) is 0 Å². The molecule has 0 N–H and O–H groups in total. The number of nitrogens with zero attached hydrogens (tertiary/aromatic N) is 2. The monoisotopic (exact) mass is 596 g/mol. The molecule has 0 atom stereocenters. The molecule has 0 saturated carbocycles. The molecule has 218 valence electrons. The first-order valence-corrected chi connectivity index (χ1v) is 16.1. The number of aromatic nitrogens is 2. The van der Waals surface area contributed by atoms with Gasteiger partial charge >= 0.3 is 0 Å². The summed E-state index contributed by atoms with van der Waals surface area (Å²) in [5.41, 5.74) is 6.74. The van der Waals surface area contributed by atoms with Crippen molar-refractivity contribution in [3.63, 3.8) is 0 Å². The minimum atomic E-state index is 0.940. The molecule has 1 heterocycles. The van der Waals surface area contributed by atoms with E-state index in [1.54, 1.807) is 0 Å². The third-order valence-corrected chi connectivity index (χ3v) is 9.77. The minimum Gasteiger partial charge on any atom is -0.292 e. The lowest BCUT2D eigenvalue weighted by Crippen LogP contribution is -1.98. The molecule has 0 spiro atoms. The number of rotatable bonds is 3. The Kier molecular flexibility index (Phi) is 5.61. The van der Waals surface area contributed by atoms with Crippen LogP contribution in [0.4, 0.5) is 0 Å². The van der Waals surface area contributed by atoms with Gasteiger partial charge in [0.15, 0.2) is 0 Å². The largest absolute Gasteiger partial charge is 0.292 e. The average molecular weight is 597 g/mol. The fourth-order valence-corrected chi connectivity index (χ4v) is 7.54. The van der Waals surface area contributed by atoms with Crippen LogP contribution in [0.25, 0.3) is 93.1 Å². The van der Waals surface area contributed by atoms with Gasteiger partial charge in [-0.15, -0.1) is 0 Å². The lowest BCUT2D eigenvalue weighted by atomic mass is 9.94. The van der Waals surface area contributed by atoms with Crippen LogP contribution < -0.4 is 0 Å². The molecule has 10 aromatic rings. The van der Waals surface area contributed by atoms with Gasteiger partial charge in [-0.2, -0.15) is 0 Å². The SMILES string of the molecule is c1ccc(-n2c(-c3ccc(-c4ccc5ccc6c7ccccc7ccc6c5c4)cc3)nc3c4ccccc4c4ccccc4c32)cc1. The van der Waals surface area contributed by atoms with Crippen LogP contribution in [0.2, 0.25) is 0 Å². The minimum absolute atomic E-state index is 0.940. The van der Waals surface area contributed by atoms with Gasteiger partial charge in [0.1, 0.15) is 5.82 Å². The zero-order chi connectivity index (χ0) is 30.9. The van der Waals surface area contributed by atoms with Crippen molar-refractivity contribution in [2.75, 3.05) is 0 Å². The summed E-state index contributed by atoms with van der Waals surface area (Å²) in [6, 6.07) is 61.4. The first-order valence-electron chi connectivity index (χ1n) is 16.1. The van der Waals surface area contributed by atoms with Gasteiger partial charge in [-0.3, -0.25) is 4.57 Å². The van der Waals surface area contributed by atoms with Crippen molar-refractivity contribution in [1.82, 2.24) is 9.55 Å². The van der Waals surface area contributed by atoms with Crippen LogP contribution in [0.5, 0.6) is 0 Å². The van der Waals surface area contributed by atoms with E-state index in [2.05, 4.69) is 174 Å². The summed E-state index contributed by atoms with van der Waals surface area (Å²) >= 11 is 0. The fraction of sp³-hybridized carbons (Fsp3) is 0. The summed E-state index contributed by atoms with van der Waals surface area (Å²) in [4.78, 5) is 5.40. The van der Waals surface area contributed by atoms with Gasteiger partial charge in [0.05, 0.1) is 11.0 Å². The maximum Gasteiger partial charge on any atom is 0.145 e. The molecule has 47 heavy (non-hydrogen) atoms. The molecule has 0 radical (unpaired) electrons. The highest BCUT2D eigenvalue weighted by molar-refractivity contribution is 6.24. The van der Waals surface area contributed by atoms with Crippen LogP contribution in [-0.2, 0) is 0 Å². The van der Waals surface area contributed by atoms with E-state index in [1.807, 2.05) is 0 Å². The Balaban J connectivity index is 1.16. The second-order valence-electron chi connectivity index (χ2n) is 12.4. The van der Waals surface area contributed by atoms with Crippen molar-refractivity contribution in [3.05, 3.63) is 170 Å². The predicted molar refractivity (Wildman–Crippen MR) is 199 cm³/mol. The number of hydrogen-bond acceptors (Lipinski definition) is 1. The molecule has 0 fully saturated rings. The maximum atomic E-state index is 5.40. The topological polar surface area (TPSA) is 17.8 Å². The molecule has 0 unspecified atom stereocenters. The van der Waals surface area contributed by atoms with Gasteiger partial charge in [-0.05, 0) is 72.4 Å². The second kappa shape index (κ2) is 10.1. The predicted octanol–water partition coefficient (Wildman–Crippen LogP) is 12.1. The molecule has 9 aromatic carbocycles. The maximum absolute atomic E-state index is 5.40.